The predicted molar refractivity (Wildman–Crippen MR) is 45.7 cm³/mol. The number of carbonyl (C=O) groups is 1. The van der Waals surface area contributed by atoms with Crippen LogP contribution in [0.15, 0.2) is 18.3 Å². The fraction of sp³-hybridized carbons (Fsp3) is 0.125. The number of aromatic nitrogens is 1. The quantitative estimate of drug-likeness (QED) is 0.722. The van der Waals surface area contributed by atoms with Gasteiger partial charge in [-0.1, -0.05) is 11.6 Å². The van der Waals surface area contributed by atoms with Crippen molar-refractivity contribution in [3.8, 4) is 0 Å². The Morgan fingerprint density at radius 2 is 2.46 bits per heavy atom. The highest BCUT2D eigenvalue weighted by Gasteiger charge is 2.27. The average molecular weight is 198 g/mol. The van der Waals surface area contributed by atoms with E-state index in [9.17, 15) is 4.79 Å². The lowest BCUT2D eigenvalue weighted by molar-refractivity contribution is -0.119. The van der Waals surface area contributed by atoms with Crippen molar-refractivity contribution >= 4 is 17.5 Å². The Hall–Kier alpha value is -1.13. The Bertz CT molecular complexity index is 343. The number of rotatable bonds is 1. The molecule has 67 valence electrons. The normalized spacial score (nSPS) is 17.5. The maximum atomic E-state index is 10.8. The SMILES string of the molecule is O=C1CO[C](c2ncccc2Cl)N1. The number of ether oxygens (including phenoxy) is 1. The third-order valence-electron chi connectivity index (χ3n) is 1.57. The molecular weight excluding hydrogens is 192 g/mol. The lowest BCUT2D eigenvalue weighted by Gasteiger charge is -2.07. The van der Waals surface area contributed by atoms with Crippen molar-refractivity contribution in [2.75, 3.05) is 6.61 Å². The molecular formula is C8H6ClN2O2. The van der Waals surface area contributed by atoms with Gasteiger partial charge < -0.3 is 10.1 Å². The summed E-state index contributed by atoms with van der Waals surface area (Å²) in [6.45, 7) is 0.0300. The van der Waals surface area contributed by atoms with E-state index in [0.29, 0.717) is 16.9 Å². The van der Waals surface area contributed by atoms with Gasteiger partial charge in [0, 0.05) is 6.20 Å². The minimum atomic E-state index is -0.184. The van der Waals surface area contributed by atoms with Crippen LogP contribution in [0.5, 0.6) is 0 Å². The molecule has 1 fully saturated rings. The molecule has 0 saturated carbocycles. The van der Waals surface area contributed by atoms with E-state index in [1.165, 1.54) is 0 Å². The first-order valence-corrected chi connectivity index (χ1v) is 4.05. The number of amides is 1. The smallest absolute Gasteiger partial charge is 0.248 e. The van der Waals surface area contributed by atoms with Crippen LogP contribution in [0.2, 0.25) is 5.02 Å². The van der Waals surface area contributed by atoms with Crippen LogP contribution in [0.25, 0.3) is 0 Å². The minimum absolute atomic E-state index is 0.0300. The van der Waals surface area contributed by atoms with Crippen LogP contribution in [0.1, 0.15) is 5.69 Å². The molecule has 13 heavy (non-hydrogen) atoms. The first kappa shape index (κ1) is 8.47. The first-order chi connectivity index (χ1) is 6.27. The van der Waals surface area contributed by atoms with Gasteiger partial charge in [-0.3, -0.25) is 9.78 Å². The lowest BCUT2D eigenvalue weighted by Crippen LogP contribution is -2.21. The summed E-state index contributed by atoms with van der Waals surface area (Å²) < 4.78 is 5.04. The monoisotopic (exact) mass is 197 g/mol. The third-order valence-corrected chi connectivity index (χ3v) is 1.88. The van der Waals surface area contributed by atoms with Crippen molar-refractivity contribution in [3.63, 3.8) is 0 Å². The van der Waals surface area contributed by atoms with Crippen molar-refractivity contribution in [2.45, 2.75) is 0 Å². The fourth-order valence-electron chi connectivity index (χ4n) is 1.02. The summed E-state index contributed by atoms with van der Waals surface area (Å²) in [4.78, 5) is 14.8. The van der Waals surface area contributed by atoms with E-state index in [2.05, 4.69) is 10.3 Å². The van der Waals surface area contributed by atoms with Crippen molar-refractivity contribution in [3.05, 3.63) is 35.3 Å². The van der Waals surface area contributed by atoms with Crippen molar-refractivity contribution in [1.82, 2.24) is 10.3 Å². The zero-order valence-electron chi connectivity index (χ0n) is 6.58. The van der Waals surface area contributed by atoms with Crippen LogP contribution < -0.4 is 5.32 Å². The number of nitrogens with zero attached hydrogens (tertiary/aromatic N) is 1. The summed E-state index contributed by atoms with van der Waals surface area (Å²) in [7, 11) is 0. The van der Waals surface area contributed by atoms with Crippen molar-refractivity contribution in [2.24, 2.45) is 0 Å². The molecule has 0 aromatic carbocycles. The number of carbonyl (C=O) groups excluding carboxylic acids is 1. The second kappa shape index (κ2) is 3.32. The molecule has 1 N–H and O–H groups in total. The number of pyridine rings is 1. The second-order valence-electron chi connectivity index (χ2n) is 2.50. The maximum absolute atomic E-state index is 10.8. The Balaban J connectivity index is 2.26. The maximum Gasteiger partial charge on any atom is 0.248 e. The Morgan fingerprint density at radius 3 is 3.08 bits per heavy atom. The molecule has 1 saturated heterocycles. The summed E-state index contributed by atoms with van der Waals surface area (Å²) in [5.74, 6) is -0.184. The summed E-state index contributed by atoms with van der Waals surface area (Å²) in [5, 5.41) is 2.98. The number of halogens is 1. The first-order valence-electron chi connectivity index (χ1n) is 3.68. The summed E-state index contributed by atoms with van der Waals surface area (Å²) in [5.41, 5.74) is 0.468. The molecule has 1 amide bonds. The van der Waals surface area contributed by atoms with Crippen LogP contribution >= 0.6 is 11.6 Å². The molecule has 0 atom stereocenters. The van der Waals surface area contributed by atoms with Crippen LogP contribution in [0.3, 0.4) is 0 Å². The van der Waals surface area contributed by atoms with Crippen molar-refractivity contribution < 1.29 is 9.53 Å². The summed E-state index contributed by atoms with van der Waals surface area (Å²) in [6, 6.07) is 3.40. The molecule has 1 aliphatic rings. The van der Waals surface area contributed by atoms with E-state index in [1.807, 2.05) is 0 Å². The second-order valence-corrected chi connectivity index (χ2v) is 2.91. The van der Waals surface area contributed by atoms with E-state index in [0.717, 1.165) is 0 Å². The molecule has 0 bridgehead atoms. The van der Waals surface area contributed by atoms with E-state index >= 15 is 0 Å². The predicted octanol–water partition coefficient (Wildman–Crippen LogP) is 0.719. The van der Waals surface area contributed by atoms with Gasteiger partial charge in [-0.2, -0.15) is 0 Å². The van der Waals surface area contributed by atoms with E-state index in [-0.39, 0.29) is 12.5 Å². The van der Waals surface area contributed by atoms with Gasteiger partial charge in [0.1, 0.15) is 12.3 Å². The minimum Gasteiger partial charge on any atom is -0.336 e. The molecule has 0 unspecified atom stereocenters. The van der Waals surface area contributed by atoms with Crippen molar-refractivity contribution in [1.29, 1.82) is 0 Å². The molecule has 5 heteroatoms. The Labute approximate surface area is 79.9 Å². The number of hydrogen-bond acceptors (Lipinski definition) is 3. The van der Waals surface area contributed by atoms with Gasteiger partial charge in [0.25, 0.3) is 0 Å². The van der Waals surface area contributed by atoms with Gasteiger partial charge in [-0.15, -0.1) is 0 Å². The molecule has 2 rings (SSSR count). The van der Waals surface area contributed by atoms with E-state index in [4.69, 9.17) is 16.3 Å². The molecule has 1 aromatic rings. The molecule has 1 aromatic heterocycles. The largest absolute Gasteiger partial charge is 0.336 e. The zero-order valence-corrected chi connectivity index (χ0v) is 7.34. The van der Waals surface area contributed by atoms with Crippen LogP contribution in [0, 0.1) is 6.23 Å². The highest BCUT2D eigenvalue weighted by molar-refractivity contribution is 6.31. The van der Waals surface area contributed by atoms with Gasteiger partial charge >= 0.3 is 0 Å². The van der Waals surface area contributed by atoms with Gasteiger partial charge in [-0.25, -0.2) is 0 Å². The van der Waals surface area contributed by atoms with Gasteiger partial charge in [0.2, 0.25) is 12.1 Å². The standard InChI is InChI=1S/C8H6ClN2O2/c9-5-2-1-3-10-7(5)8-11-6(12)4-13-8/h1-3H,4H2,(H,11,12). The molecule has 1 radical (unpaired) electrons. The Morgan fingerprint density at radius 1 is 1.62 bits per heavy atom. The fourth-order valence-corrected chi connectivity index (χ4v) is 1.22. The van der Waals surface area contributed by atoms with Gasteiger partial charge in [0.05, 0.1) is 5.02 Å². The lowest BCUT2D eigenvalue weighted by atomic mass is 10.3. The molecule has 0 aliphatic carbocycles. The third kappa shape index (κ3) is 1.64. The van der Waals surface area contributed by atoms with Crippen LogP contribution in [-0.2, 0) is 9.53 Å². The topological polar surface area (TPSA) is 51.2 Å². The van der Waals surface area contributed by atoms with Gasteiger partial charge in [0.15, 0.2) is 0 Å². The van der Waals surface area contributed by atoms with E-state index in [1.54, 1.807) is 18.3 Å². The van der Waals surface area contributed by atoms with Crippen LogP contribution in [0.4, 0.5) is 0 Å². The van der Waals surface area contributed by atoms with Crippen LogP contribution in [-0.4, -0.2) is 17.5 Å². The van der Waals surface area contributed by atoms with Gasteiger partial charge in [-0.05, 0) is 12.1 Å². The summed E-state index contributed by atoms with van der Waals surface area (Å²) >= 11 is 5.84. The highest BCUT2D eigenvalue weighted by Crippen LogP contribution is 2.22. The molecule has 1 aliphatic heterocycles. The molecule has 2 heterocycles. The summed E-state index contributed by atoms with van der Waals surface area (Å²) in [6.07, 6.45) is 1.91. The highest BCUT2D eigenvalue weighted by atomic mass is 35.5. The number of nitrogens with one attached hydrogen (secondary N) is 1. The van der Waals surface area contributed by atoms with E-state index < -0.39 is 0 Å². The molecule has 0 spiro atoms. The Kier molecular flexibility index (Phi) is 2.16. The zero-order chi connectivity index (χ0) is 9.26. The molecule has 4 nitrogen and oxygen atoms in total. The number of hydrogen-bond donors (Lipinski definition) is 1. The average Bonchev–Trinajstić information content (AvgIpc) is 2.53.